The molecule has 0 atom stereocenters. The van der Waals surface area contributed by atoms with E-state index >= 15 is 0 Å². The van der Waals surface area contributed by atoms with E-state index in [4.69, 9.17) is 16.0 Å². The Hall–Kier alpha value is -1.94. The molecule has 0 spiro atoms. The second-order valence-electron chi connectivity index (χ2n) is 4.54. The monoisotopic (exact) mass is 305 g/mol. The van der Waals surface area contributed by atoms with E-state index in [-0.39, 0.29) is 0 Å². The third-order valence-corrected chi connectivity index (χ3v) is 3.33. The van der Waals surface area contributed by atoms with Crippen molar-refractivity contribution in [2.75, 3.05) is 13.1 Å². The molecule has 112 valence electrons. The number of nitrogens with zero attached hydrogens (tertiary/aromatic N) is 1. The maximum Gasteiger partial charge on any atom is 0.191 e. The van der Waals surface area contributed by atoms with Crippen LogP contribution in [0.4, 0.5) is 0 Å². The Kier molecular flexibility index (Phi) is 6.16. The SMILES string of the molecule is CCNC(=NCc1ccco1)NCCc1ccccc1Cl. The topological polar surface area (TPSA) is 49.6 Å². The average molecular weight is 306 g/mol. The zero-order valence-corrected chi connectivity index (χ0v) is 12.9. The Balaban J connectivity index is 1.85. The average Bonchev–Trinajstić information content (AvgIpc) is 3.00. The van der Waals surface area contributed by atoms with Crippen molar-refractivity contribution in [1.82, 2.24) is 10.6 Å². The van der Waals surface area contributed by atoms with Crippen molar-refractivity contribution >= 4 is 17.6 Å². The number of aliphatic imine (C=N–C) groups is 1. The minimum atomic E-state index is 0.522. The first-order valence-electron chi connectivity index (χ1n) is 7.07. The highest BCUT2D eigenvalue weighted by molar-refractivity contribution is 6.31. The van der Waals surface area contributed by atoms with Crippen molar-refractivity contribution in [3.05, 3.63) is 59.0 Å². The summed E-state index contributed by atoms with van der Waals surface area (Å²) in [7, 11) is 0. The summed E-state index contributed by atoms with van der Waals surface area (Å²) in [6.45, 7) is 4.15. The third kappa shape index (κ3) is 5.16. The zero-order chi connectivity index (χ0) is 14.9. The summed E-state index contributed by atoms with van der Waals surface area (Å²) in [5.41, 5.74) is 1.13. The van der Waals surface area contributed by atoms with Crippen LogP contribution in [0.1, 0.15) is 18.2 Å². The highest BCUT2D eigenvalue weighted by atomic mass is 35.5. The van der Waals surface area contributed by atoms with Crippen LogP contribution in [0.15, 0.2) is 52.1 Å². The van der Waals surface area contributed by atoms with Gasteiger partial charge in [0.25, 0.3) is 0 Å². The molecule has 0 radical (unpaired) electrons. The molecule has 21 heavy (non-hydrogen) atoms. The number of halogens is 1. The van der Waals surface area contributed by atoms with Gasteiger partial charge in [-0.2, -0.15) is 0 Å². The summed E-state index contributed by atoms with van der Waals surface area (Å²) in [5, 5.41) is 7.31. The van der Waals surface area contributed by atoms with E-state index < -0.39 is 0 Å². The number of nitrogens with one attached hydrogen (secondary N) is 2. The summed E-state index contributed by atoms with van der Waals surface area (Å²) in [6.07, 6.45) is 2.51. The first-order chi connectivity index (χ1) is 10.3. The Morgan fingerprint density at radius 1 is 1.19 bits per heavy atom. The minimum absolute atomic E-state index is 0.522. The van der Waals surface area contributed by atoms with Crippen molar-refractivity contribution in [2.45, 2.75) is 19.9 Å². The zero-order valence-electron chi connectivity index (χ0n) is 12.1. The van der Waals surface area contributed by atoms with Gasteiger partial charge in [-0.3, -0.25) is 0 Å². The van der Waals surface area contributed by atoms with Gasteiger partial charge in [0.2, 0.25) is 0 Å². The predicted octanol–water partition coefficient (Wildman–Crippen LogP) is 3.23. The van der Waals surface area contributed by atoms with Gasteiger partial charge in [0.1, 0.15) is 12.3 Å². The van der Waals surface area contributed by atoms with Crippen molar-refractivity contribution in [3.63, 3.8) is 0 Å². The molecule has 4 nitrogen and oxygen atoms in total. The fraction of sp³-hybridized carbons (Fsp3) is 0.312. The Morgan fingerprint density at radius 2 is 2.05 bits per heavy atom. The molecule has 1 aromatic heterocycles. The molecule has 5 heteroatoms. The number of furan rings is 1. The van der Waals surface area contributed by atoms with E-state index in [0.717, 1.165) is 41.8 Å². The van der Waals surface area contributed by atoms with Gasteiger partial charge in [0, 0.05) is 18.1 Å². The molecule has 2 rings (SSSR count). The smallest absolute Gasteiger partial charge is 0.191 e. The molecule has 0 aliphatic rings. The molecule has 0 amide bonds. The fourth-order valence-electron chi connectivity index (χ4n) is 1.92. The molecule has 0 fully saturated rings. The largest absolute Gasteiger partial charge is 0.467 e. The standard InChI is InChI=1S/C16H20ClN3O/c1-2-18-16(20-12-14-7-5-11-21-14)19-10-9-13-6-3-4-8-15(13)17/h3-8,11H,2,9-10,12H2,1H3,(H2,18,19,20). The quantitative estimate of drug-likeness (QED) is 0.636. The Bertz CT molecular complexity index is 567. The van der Waals surface area contributed by atoms with Gasteiger partial charge in [-0.05, 0) is 37.1 Å². The second-order valence-corrected chi connectivity index (χ2v) is 4.95. The number of hydrogen-bond acceptors (Lipinski definition) is 2. The maximum atomic E-state index is 6.14. The Labute approximate surface area is 130 Å². The van der Waals surface area contributed by atoms with Gasteiger partial charge in [-0.1, -0.05) is 29.8 Å². The van der Waals surface area contributed by atoms with Crippen LogP contribution in [0.3, 0.4) is 0 Å². The third-order valence-electron chi connectivity index (χ3n) is 2.96. The molecule has 0 unspecified atom stereocenters. The summed E-state index contributed by atoms with van der Waals surface area (Å²) in [5.74, 6) is 1.62. The van der Waals surface area contributed by atoms with Crippen LogP contribution in [0.5, 0.6) is 0 Å². The predicted molar refractivity (Wildman–Crippen MR) is 86.7 cm³/mol. The van der Waals surface area contributed by atoms with Crippen LogP contribution >= 0.6 is 11.6 Å². The van der Waals surface area contributed by atoms with Gasteiger partial charge in [0.15, 0.2) is 5.96 Å². The summed E-state index contributed by atoms with van der Waals surface area (Å²) in [4.78, 5) is 4.48. The van der Waals surface area contributed by atoms with Gasteiger partial charge in [-0.15, -0.1) is 0 Å². The number of rotatable bonds is 6. The van der Waals surface area contributed by atoms with Gasteiger partial charge >= 0.3 is 0 Å². The number of guanidine groups is 1. The van der Waals surface area contributed by atoms with E-state index in [1.165, 1.54) is 0 Å². The van der Waals surface area contributed by atoms with Crippen LogP contribution in [0.25, 0.3) is 0 Å². The molecule has 1 heterocycles. The summed E-state index contributed by atoms with van der Waals surface area (Å²) in [6, 6.07) is 11.7. The van der Waals surface area contributed by atoms with Crippen molar-refractivity contribution < 1.29 is 4.42 Å². The van der Waals surface area contributed by atoms with Crippen molar-refractivity contribution in [2.24, 2.45) is 4.99 Å². The van der Waals surface area contributed by atoms with Gasteiger partial charge in [-0.25, -0.2) is 4.99 Å². The number of benzene rings is 1. The van der Waals surface area contributed by atoms with Crippen LogP contribution in [0, 0.1) is 0 Å². The molecule has 0 aliphatic heterocycles. The summed E-state index contributed by atoms with van der Waals surface area (Å²) >= 11 is 6.14. The first-order valence-corrected chi connectivity index (χ1v) is 7.45. The van der Waals surface area contributed by atoms with E-state index in [0.29, 0.717) is 6.54 Å². The van der Waals surface area contributed by atoms with Crippen LogP contribution in [0.2, 0.25) is 5.02 Å². The molecule has 0 saturated carbocycles. The second kappa shape index (κ2) is 8.37. The van der Waals surface area contributed by atoms with Gasteiger partial charge < -0.3 is 15.1 Å². The lowest BCUT2D eigenvalue weighted by Gasteiger charge is -2.11. The van der Waals surface area contributed by atoms with Crippen LogP contribution in [-0.2, 0) is 13.0 Å². The van der Waals surface area contributed by atoms with Crippen molar-refractivity contribution in [1.29, 1.82) is 0 Å². The molecule has 1 aromatic carbocycles. The molecular formula is C16H20ClN3O. The molecule has 0 bridgehead atoms. The van der Waals surface area contributed by atoms with E-state index in [1.54, 1.807) is 6.26 Å². The van der Waals surface area contributed by atoms with Crippen LogP contribution in [-0.4, -0.2) is 19.0 Å². The molecule has 2 aromatic rings. The summed E-state index contributed by atoms with van der Waals surface area (Å²) < 4.78 is 5.27. The highest BCUT2D eigenvalue weighted by Crippen LogP contribution is 2.14. The normalized spacial score (nSPS) is 11.4. The van der Waals surface area contributed by atoms with Gasteiger partial charge in [0.05, 0.1) is 6.26 Å². The number of hydrogen-bond donors (Lipinski definition) is 2. The van der Waals surface area contributed by atoms with E-state index in [2.05, 4.69) is 15.6 Å². The molecule has 0 aliphatic carbocycles. The minimum Gasteiger partial charge on any atom is -0.467 e. The van der Waals surface area contributed by atoms with Crippen LogP contribution < -0.4 is 10.6 Å². The fourth-order valence-corrected chi connectivity index (χ4v) is 2.15. The molecular weight excluding hydrogens is 286 g/mol. The van der Waals surface area contributed by atoms with E-state index in [9.17, 15) is 0 Å². The lowest BCUT2D eigenvalue weighted by molar-refractivity contribution is 0.512. The van der Waals surface area contributed by atoms with Crippen molar-refractivity contribution in [3.8, 4) is 0 Å². The highest BCUT2D eigenvalue weighted by Gasteiger charge is 2.01. The first kappa shape index (κ1) is 15.4. The lowest BCUT2D eigenvalue weighted by atomic mass is 10.1. The lowest BCUT2D eigenvalue weighted by Crippen LogP contribution is -2.38. The Morgan fingerprint density at radius 3 is 2.76 bits per heavy atom. The maximum absolute atomic E-state index is 6.14. The molecule has 2 N–H and O–H groups in total. The molecule has 0 saturated heterocycles. The van der Waals surface area contributed by atoms with E-state index in [1.807, 2.05) is 43.3 Å².